The molecule has 0 fully saturated rings. The van der Waals surface area contributed by atoms with E-state index in [1.54, 1.807) is 41.9 Å². The van der Waals surface area contributed by atoms with Crippen molar-refractivity contribution in [2.24, 2.45) is 11.1 Å². The van der Waals surface area contributed by atoms with E-state index in [0.717, 1.165) is 22.9 Å². The molecule has 0 bridgehead atoms. The maximum Gasteiger partial charge on any atom is 0.271 e. The Labute approximate surface area is 244 Å². The highest BCUT2D eigenvalue weighted by Crippen LogP contribution is 2.29. The molecule has 0 saturated carbocycles. The molecular formula is C30H33N7O4S. The molecule has 2 heterocycles. The van der Waals surface area contributed by atoms with Gasteiger partial charge in [-0.3, -0.25) is 9.59 Å². The van der Waals surface area contributed by atoms with Crippen LogP contribution in [0.1, 0.15) is 42.6 Å². The lowest BCUT2D eigenvalue weighted by Crippen LogP contribution is -2.39. The standard InChI is InChI=1S/C30H33N7O4S/c1-30(2,3)18-37-24(14-23-27(33-4)34-26(15-31)35-28(23)37)29(39)36(17-25(32)38)16-19-6-8-20(9-7-19)21-10-12-22(13-11-21)42(5,40)41/h6-14H,16-18H2,1-5H3,(H2,32,38)(H,33,34,35). The first-order chi connectivity index (χ1) is 19.7. The fourth-order valence-electron chi connectivity index (χ4n) is 4.64. The highest BCUT2D eigenvalue weighted by molar-refractivity contribution is 7.90. The maximum absolute atomic E-state index is 14.0. The van der Waals surface area contributed by atoms with Gasteiger partial charge in [0, 0.05) is 26.4 Å². The number of aromatic nitrogens is 3. The van der Waals surface area contributed by atoms with Gasteiger partial charge < -0.3 is 20.5 Å². The molecule has 12 heteroatoms. The molecule has 2 amide bonds. The van der Waals surface area contributed by atoms with Crippen LogP contribution in [0.2, 0.25) is 0 Å². The van der Waals surface area contributed by atoms with E-state index in [-0.39, 0.29) is 29.2 Å². The van der Waals surface area contributed by atoms with Crippen LogP contribution in [0.5, 0.6) is 0 Å². The second kappa shape index (κ2) is 11.6. The van der Waals surface area contributed by atoms with E-state index < -0.39 is 21.7 Å². The summed E-state index contributed by atoms with van der Waals surface area (Å²) in [6, 6.07) is 17.7. The van der Waals surface area contributed by atoms with Crippen LogP contribution in [0.4, 0.5) is 5.82 Å². The zero-order valence-corrected chi connectivity index (χ0v) is 25.0. The van der Waals surface area contributed by atoms with Crippen LogP contribution in [-0.2, 0) is 27.7 Å². The predicted octanol–water partition coefficient (Wildman–Crippen LogP) is 3.59. The Morgan fingerprint density at radius 1 is 1.05 bits per heavy atom. The number of sulfone groups is 1. The van der Waals surface area contributed by atoms with Crippen molar-refractivity contribution in [1.29, 1.82) is 5.26 Å². The van der Waals surface area contributed by atoms with Gasteiger partial charge in [0.25, 0.3) is 5.91 Å². The zero-order valence-electron chi connectivity index (χ0n) is 24.2. The van der Waals surface area contributed by atoms with Crippen molar-refractivity contribution < 1.29 is 18.0 Å². The molecule has 0 atom stereocenters. The molecule has 218 valence electrons. The Kier molecular flexibility index (Phi) is 8.35. The van der Waals surface area contributed by atoms with Gasteiger partial charge in [0.05, 0.1) is 10.3 Å². The predicted molar refractivity (Wildman–Crippen MR) is 160 cm³/mol. The zero-order chi connectivity index (χ0) is 30.8. The van der Waals surface area contributed by atoms with Crippen molar-refractivity contribution >= 4 is 38.5 Å². The van der Waals surface area contributed by atoms with Gasteiger partial charge in [-0.15, -0.1) is 0 Å². The van der Waals surface area contributed by atoms with Crippen molar-refractivity contribution in [2.45, 2.75) is 38.8 Å². The van der Waals surface area contributed by atoms with Gasteiger partial charge in [0.1, 0.15) is 29.8 Å². The number of carbonyl (C=O) groups excluding carboxylic acids is 2. The Bertz CT molecular complexity index is 1800. The molecule has 42 heavy (non-hydrogen) atoms. The third kappa shape index (κ3) is 6.75. The average molecular weight is 588 g/mol. The second-order valence-electron chi connectivity index (χ2n) is 11.3. The normalized spacial score (nSPS) is 11.7. The molecule has 2 aromatic carbocycles. The number of amides is 2. The minimum absolute atomic E-state index is 0.0286. The van der Waals surface area contributed by atoms with Gasteiger partial charge in [-0.1, -0.05) is 57.2 Å². The molecule has 0 unspecified atom stereocenters. The van der Waals surface area contributed by atoms with Crippen molar-refractivity contribution in [3.63, 3.8) is 0 Å². The maximum atomic E-state index is 14.0. The van der Waals surface area contributed by atoms with Crippen molar-refractivity contribution in [2.75, 3.05) is 25.2 Å². The minimum atomic E-state index is -3.29. The Hall–Kier alpha value is -4.76. The number of anilines is 1. The quantitative estimate of drug-likeness (QED) is 0.300. The number of nitrogens with zero attached hydrogens (tertiary/aromatic N) is 5. The molecule has 4 rings (SSSR count). The number of nitrogens with two attached hydrogens (primary N) is 1. The number of primary amides is 1. The van der Waals surface area contributed by atoms with Crippen LogP contribution in [0.15, 0.2) is 59.5 Å². The summed E-state index contributed by atoms with van der Waals surface area (Å²) in [5, 5.41) is 13.0. The van der Waals surface area contributed by atoms with E-state index in [2.05, 4.69) is 15.3 Å². The molecule has 0 aliphatic heterocycles. The summed E-state index contributed by atoms with van der Waals surface area (Å²) >= 11 is 0. The lowest BCUT2D eigenvalue weighted by atomic mass is 9.97. The largest absolute Gasteiger partial charge is 0.372 e. The molecule has 0 aliphatic rings. The third-order valence-electron chi connectivity index (χ3n) is 6.52. The van der Waals surface area contributed by atoms with Crippen LogP contribution < -0.4 is 11.1 Å². The van der Waals surface area contributed by atoms with E-state index in [1.165, 1.54) is 4.90 Å². The molecule has 0 spiro atoms. The number of nitrogens with one attached hydrogen (secondary N) is 1. The Balaban J connectivity index is 1.70. The third-order valence-corrected chi connectivity index (χ3v) is 7.65. The fourth-order valence-corrected chi connectivity index (χ4v) is 5.27. The second-order valence-corrected chi connectivity index (χ2v) is 13.3. The van der Waals surface area contributed by atoms with Gasteiger partial charge in [0.15, 0.2) is 9.84 Å². The SMILES string of the molecule is CNc1nc(C#N)nc2c1cc(C(=O)N(CC(N)=O)Cc1ccc(-c3ccc(S(C)(=O)=O)cc3)cc1)n2CC(C)(C)C. The lowest BCUT2D eigenvalue weighted by Gasteiger charge is -2.25. The summed E-state index contributed by atoms with van der Waals surface area (Å²) in [6.07, 6.45) is 1.16. The van der Waals surface area contributed by atoms with E-state index >= 15 is 0 Å². The number of carbonyl (C=O) groups is 2. The van der Waals surface area contributed by atoms with E-state index in [4.69, 9.17) is 5.73 Å². The number of benzene rings is 2. The molecule has 4 aromatic rings. The number of rotatable bonds is 9. The number of hydrogen-bond donors (Lipinski definition) is 2. The summed E-state index contributed by atoms with van der Waals surface area (Å²) in [6.45, 7) is 6.29. The van der Waals surface area contributed by atoms with Gasteiger partial charge in [-0.25, -0.2) is 18.4 Å². The van der Waals surface area contributed by atoms with E-state index in [9.17, 15) is 23.3 Å². The molecule has 2 aromatic heterocycles. The van der Waals surface area contributed by atoms with Crippen LogP contribution in [-0.4, -0.2) is 59.5 Å². The minimum Gasteiger partial charge on any atom is -0.372 e. The number of nitriles is 1. The fraction of sp³-hybridized carbons (Fsp3) is 0.300. The summed E-state index contributed by atoms with van der Waals surface area (Å²) in [7, 11) is -1.62. The Morgan fingerprint density at radius 2 is 1.64 bits per heavy atom. The van der Waals surface area contributed by atoms with Gasteiger partial charge in [0.2, 0.25) is 11.7 Å². The first kappa shape index (κ1) is 30.2. The number of fused-ring (bicyclic) bond motifs is 1. The summed E-state index contributed by atoms with van der Waals surface area (Å²) in [5.41, 5.74) is 8.51. The highest BCUT2D eigenvalue weighted by atomic mass is 32.2. The first-order valence-electron chi connectivity index (χ1n) is 13.2. The van der Waals surface area contributed by atoms with E-state index in [0.29, 0.717) is 29.1 Å². The van der Waals surface area contributed by atoms with Crippen molar-refractivity contribution in [1.82, 2.24) is 19.4 Å². The molecule has 3 N–H and O–H groups in total. The average Bonchev–Trinajstić information content (AvgIpc) is 3.28. The first-order valence-corrected chi connectivity index (χ1v) is 15.1. The van der Waals surface area contributed by atoms with Crippen LogP contribution in [0.3, 0.4) is 0 Å². The van der Waals surface area contributed by atoms with Crippen LogP contribution >= 0.6 is 0 Å². The highest BCUT2D eigenvalue weighted by Gasteiger charge is 2.27. The summed E-state index contributed by atoms with van der Waals surface area (Å²) < 4.78 is 25.3. The monoisotopic (exact) mass is 587 g/mol. The van der Waals surface area contributed by atoms with Crippen molar-refractivity contribution in [3.05, 3.63) is 71.7 Å². The van der Waals surface area contributed by atoms with Gasteiger partial charge in [-0.2, -0.15) is 5.26 Å². The lowest BCUT2D eigenvalue weighted by molar-refractivity contribution is -0.118. The summed E-state index contributed by atoms with van der Waals surface area (Å²) in [4.78, 5) is 36.3. The van der Waals surface area contributed by atoms with Gasteiger partial charge >= 0.3 is 0 Å². The molecule has 0 aliphatic carbocycles. The summed E-state index contributed by atoms with van der Waals surface area (Å²) in [5.74, 6) is -0.692. The van der Waals surface area contributed by atoms with Crippen LogP contribution in [0.25, 0.3) is 22.2 Å². The smallest absolute Gasteiger partial charge is 0.271 e. The van der Waals surface area contributed by atoms with Gasteiger partial charge in [-0.05, 0) is 40.3 Å². The molecule has 0 radical (unpaired) electrons. The van der Waals surface area contributed by atoms with Crippen LogP contribution in [0, 0.1) is 16.7 Å². The number of hydrogen-bond acceptors (Lipinski definition) is 8. The topological polar surface area (TPSA) is 164 Å². The van der Waals surface area contributed by atoms with Crippen molar-refractivity contribution in [3.8, 4) is 17.2 Å². The Morgan fingerprint density at radius 3 is 2.14 bits per heavy atom. The molecule has 11 nitrogen and oxygen atoms in total. The molecular weight excluding hydrogens is 554 g/mol. The van der Waals surface area contributed by atoms with E-state index in [1.807, 2.05) is 51.1 Å². The molecule has 0 saturated heterocycles.